The minimum atomic E-state index is -0.391. The summed E-state index contributed by atoms with van der Waals surface area (Å²) < 4.78 is 11.7. The molecule has 3 aromatic heterocycles. The Bertz CT molecular complexity index is 1320. The average molecular weight is 395 g/mol. The fraction of sp³-hybridized carbons (Fsp3) is 0.381. The van der Waals surface area contributed by atoms with E-state index < -0.39 is 5.69 Å². The normalized spacial score (nSPS) is 12.9. The zero-order chi connectivity index (χ0) is 20.9. The summed E-state index contributed by atoms with van der Waals surface area (Å²) in [5.74, 6) is 0.656. The van der Waals surface area contributed by atoms with Gasteiger partial charge in [-0.15, -0.1) is 0 Å². The minimum Gasteiger partial charge on any atom is -0.383 e. The molecule has 0 aliphatic carbocycles. The Kier molecular flexibility index (Phi) is 4.66. The maximum Gasteiger partial charge on any atom is 0.332 e. The van der Waals surface area contributed by atoms with Crippen molar-refractivity contribution in [1.29, 1.82) is 0 Å². The molecule has 8 nitrogen and oxygen atoms in total. The summed E-state index contributed by atoms with van der Waals surface area (Å²) in [5, 5.41) is 0. The van der Waals surface area contributed by atoms with Crippen LogP contribution >= 0.6 is 0 Å². The quantitative estimate of drug-likeness (QED) is 0.518. The monoisotopic (exact) mass is 395 g/mol. The van der Waals surface area contributed by atoms with Gasteiger partial charge in [0.05, 0.1) is 19.2 Å². The van der Waals surface area contributed by atoms with E-state index in [0.717, 1.165) is 17.0 Å². The van der Waals surface area contributed by atoms with Gasteiger partial charge in [-0.3, -0.25) is 18.3 Å². The molecule has 0 radical (unpaired) electrons. The number of benzene rings is 1. The van der Waals surface area contributed by atoms with Crippen molar-refractivity contribution in [2.75, 3.05) is 13.7 Å². The summed E-state index contributed by atoms with van der Waals surface area (Å²) >= 11 is 0. The molecular formula is C21H25N5O3. The zero-order valence-electron chi connectivity index (χ0n) is 17.3. The molecule has 0 saturated carbocycles. The zero-order valence-corrected chi connectivity index (χ0v) is 17.3. The molecule has 152 valence electrons. The molecule has 1 atom stereocenters. The first-order valence-corrected chi connectivity index (χ1v) is 9.61. The van der Waals surface area contributed by atoms with Crippen LogP contribution in [0.25, 0.3) is 16.9 Å². The highest BCUT2D eigenvalue weighted by Crippen LogP contribution is 2.27. The molecule has 1 aromatic carbocycles. The summed E-state index contributed by atoms with van der Waals surface area (Å²) in [6, 6.07) is 10.2. The number of hydrogen-bond acceptors (Lipinski definition) is 4. The van der Waals surface area contributed by atoms with Crippen molar-refractivity contribution in [3.8, 4) is 0 Å². The highest BCUT2D eigenvalue weighted by Gasteiger charge is 2.24. The van der Waals surface area contributed by atoms with E-state index >= 15 is 0 Å². The molecule has 8 heteroatoms. The number of methoxy groups -OCH3 is 1. The summed E-state index contributed by atoms with van der Waals surface area (Å²) in [6.07, 6.45) is 0. The van der Waals surface area contributed by atoms with Gasteiger partial charge in [0.1, 0.15) is 0 Å². The Morgan fingerprint density at radius 3 is 2.45 bits per heavy atom. The van der Waals surface area contributed by atoms with E-state index in [1.165, 1.54) is 9.13 Å². The van der Waals surface area contributed by atoms with Crippen molar-refractivity contribution in [2.24, 2.45) is 7.05 Å². The van der Waals surface area contributed by atoms with Gasteiger partial charge < -0.3 is 9.30 Å². The van der Waals surface area contributed by atoms with Crippen molar-refractivity contribution >= 4 is 16.9 Å². The fourth-order valence-corrected chi connectivity index (χ4v) is 4.00. The Morgan fingerprint density at radius 1 is 1.10 bits per heavy atom. The van der Waals surface area contributed by atoms with E-state index in [1.54, 1.807) is 14.2 Å². The van der Waals surface area contributed by atoms with E-state index in [-0.39, 0.29) is 24.8 Å². The van der Waals surface area contributed by atoms with E-state index in [0.29, 0.717) is 16.9 Å². The molecule has 0 bridgehead atoms. The van der Waals surface area contributed by atoms with Crippen molar-refractivity contribution in [3.63, 3.8) is 0 Å². The summed E-state index contributed by atoms with van der Waals surface area (Å²) in [5.41, 5.74) is 3.17. The lowest BCUT2D eigenvalue weighted by atomic mass is 10.1. The van der Waals surface area contributed by atoms with Crippen molar-refractivity contribution in [2.45, 2.75) is 33.4 Å². The number of imidazole rings is 2. The lowest BCUT2D eigenvalue weighted by molar-refractivity contribution is 0.184. The number of hydrogen-bond donors (Lipinski definition) is 0. The Balaban J connectivity index is 2.07. The van der Waals surface area contributed by atoms with Crippen LogP contribution in [0.2, 0.25) is 0 Å². The van der Waals surface area contributed by atoms with Crippen LogP contribution in [0.5, 0.6) is 0 Å². The van der Waals surface area contributed by atoms with Gasteiger partial charge in [-0.1, -0.05) is 30.3 Å². The predicted molar refractivity (Wildman–Crippen MR) is 112 cm³/mol. The number of ether oxygens (including phenoxy) is 1. The summed E-state index contributed by atoms with van der Waals surface area (Å²) in [6.45, 7) is 6.59. The lowest BCUT2D eigenvalue weighted by Gasteiger charge is -2.16. The highest BCUT2D eigenvalue weighted by atomic mass is 16.5. The first kappa shape index (κ1) is 19.2. The second-order valence-electron chi connectivity index (χ2n) is 7.34. The van der Waals surface area contributed by atoms with Gasteiger partial charge in [0, 0.05) is 25.5 Å². The largest absolute Gasteiger partial charge is 0.383 e. The van der Waals surface area contributed by atoms with Crippen LogP contribution in [0.3, 0.4) is 0 Å². The third kappa shape index (κ3) is 2.74. The Morgan fingerprint density at radius 2 is 1.79 bits per heavy atom. The van der Waals surface area contributed by atoms with Crippen LogP contribution in [-0.2, 0) is 18.3 Å². The maximum atomic E-state index is 13.2. The molecule has 0 aliphatic rings. The van der Waals surface area contributed by atoms with Gasteiger partial charge in [-0.05, 0) is 26.3 Å². The van der Waals surface area contributed by atoms with Gasteiger partial charge in [0.15, 0.2) is 11.2 Å². The first-order chi connectivity index (χ1) is 13.9. The van der Waals surface area contributed by atoms with Crippen LogP contribution in [0, 0.1) is 13.8 Å². The van der Waals surface area contributed by atoms with Gasteiger partial charge >= 0.3 is 5.69 Å². The second kappa shape index (κ2) is 7.04. The number of aromatic nitrogens is 5. The van der Waals surface area contributed by atoms with E-state index in [2.05, 4.69) is 23.6 Å². The SMILES string of the molecule is COCCn1c(=O)c2c(nc3n([C@H](C)c4ccccc4)c(C)c(C)n23)n(C)c1=O. The van der Waals surface area contributed by atoms with E-state index in [9.17, 15) is 9.59 Å². The lowest BCUT2D eigenvalue weighted by Crippen LogP contribution is -2.40. The molecule has 0 saturated heterocycles. The number of nitrogens with zero attached hydrogens (tertiary/aromatic N) is 5. The third-order valence-corrected chi connectivity index (χ3v) is 5.75. The van der Waals surface area contributed by atoms with Crippen LogP contribution in [0.1, 0.15) is 29.9 Å². The molecule has 4 aromatic rings. The molecule has 0 amide bonds. The molecule has 0 unspecified atom stereocenters. The van der Waals surface area contributed by atoms with Crippen LogP contribution in [-0.4, -0.2) is 36.8 Å². The predicted octanol–water partition coefficient (Wildman–Crippen LogP) is 2.02. The second-order valence-corrected chi connectivity index (χ2v) is 7.34. The Hall–Kier alpha value is -3.13. The summed E-state index contributed by atoms with van der Waals surface area (Å²) in [7, 11) is 3.19. The van der Waals surface area contributed by atoms with Gasteiger partial charge in [0.2, 0.25) is 5.78 Å². The van der Waals surface area contributed by atoms with Gasteiger partial charge in [-0.2, -0.15) is 4.98 Å². The molecule has 3 heterocycles. The number of aryl methyl sites for hydroxylation is 2. The molecule has 0 fully saturated rings. The minimum absolute atomic E-state index is 0.0250. The number of fused-ring (bicyclic) bond motifs is 3. The van der Waals surface area contributed by atoms with Crippen LogP contribution < -0.4 is 11.2 Å². The van der Waals surface area contributed by atoms with Crippen LogP contribution in [0.4, 0.5) is 0 Å². The van der Waals surface area contributed by atoms with Crippen LogP contribution in [0.15, 0.2) is 39.9 Å². The Labute approximate surface area is 167 Å². The van der Waals surface area contributed by atoms with Crippen molar-refractivity contribution < 1.29 is 4.74 Å². The van der Waals surface area contributed by atoms with Gasteiger partial charge in [0.25, 0.3) is 5.56 Å². The fourth-order valence-electron chi connectivity index (χ4n) is 4.00. The standard InChI is InChI=1S/C21H25N5O3/c1-13-14(2)26-17-18(23(4)21(28)24(19(17)27)11-12-29-5)22-20(26)25(13)15(3)16-9-7-6-8-10-16/h6-10,15H,11-12H2,1-5H3/t15-/m1/s1. The molecule has 4 rings (SSSR count). The molecule has 0 spiro atoms. The topological polar surface area (TPSA) is 75.5 Å². The highest BCUT2D eigenvalue weighted by molar-refractivity contribution is 5.76. The molecule has 0 aliphatic heterocycles. The van der Waals surface area contributed by atoms with E-state index in [1.807, 2.05) is 36.4 Å². The van der Waals surface area contributed by atoms with Gasteiger partial charge in [-0.25, -0.2) is 4.79 Å². The van der Waals surface area contributed by atoms with Crippen molar-refractivity contribution in [1.82, 2.24) is 23.1 Å². The average Bonchev–Trinajstić information content (AvgIpc) is 3.22. The van der Waals surface area contributed by atoms with E-state index in [4.69, 9.17) is 9.72 Å². The van der Waals surface area contributed by atoms with Crippen molar-refractivity contribution in [3.05, 3.63) is 68.1 Å². The maximum absolute atomic E-state index is 13.2. The first-order valence-electron chi connectivity index (χ1n) is 9.61. The molecule has 0 N–H and O–H groups in total. The smallest absolute Gasteiger partial charge is 0.332 e. The molecule has 29 heavy (non-hydrogen) atoms. The number of rotatable bonds is 5. The molecular weight excluding hydrogens is 370 g/mol. The third-order valence-electron chi connectivity index (χ3n) is 5.75. The summed E-state index contributed by atoms with van der Waals surface area (Å²) in [4.78, 5) is 30.7.